The number of hydrogen-bond donors (Lipinski definition) is 5. The molecule has 5 N–H and O–H groups in total. The predicted molar refractivity (Wildman–Crippen MR) is 199 cm³/mol. The number of nitrogens with one attached hydrogen (secondary N) is 3. The van der Waals surface area contributed by atoms with Crippen LogP contribution in [0.15, 0.2) is 91.6 Å². The van der Waals surface area contributed by atoms with Gasteiger partial charge in [-0.25, -0.2) is 4.79 Å². The zero-order valence-corrected chi connectivity index (χ0v) is 30.3. The van der Waals surface area contributed by atoms with Crippen molar-refractivity contribution in [2.24, 2.45) is 7.05 Å². The number of nitrogens with zero attached hydrogens (tertiary/aromatic N) is 3. The number of carbonyl (C=O) groups is 4. The first-order chi connectivity index (χ1) is 24.4. The van der Waals surface area contributed by atoms with Crippen molar-refractivity contribution in [1.82, 2.24) is 30.3 Å². The van der Waals surface area contributed by atoms with Crippen molar-refractivity contribution in [3.8, 4) is 5.75 Å². The van der Waals surface area contributed by atoms with Crippen molar-refractivity contribution < 1.29 is 33.5 Å². The maximum atomic E-state index is 13.1. The van der Waals surface area contributed by atoms with Crippen LogP contribution in [0.25, 0.3) is 10.9 Å². The van der Waals surface area contributed by atoms with Crippen molar-refractivity contribution in [2.75, 3.05) is 33.2 Å². The number of aromatic nitrogens is 1. The summed E-state index contributed by atoms with van der Waals surface area (Å²) >= 11 is 0. The van der Waals surface area contributed by atoms with E-state index in [1.54, 1.807) is 25.1 Å². The zero-order valence-electron chi connectivity index (χ0n) is 29.4. The van der Waals surface area contributed by atoms with E-state index >= 15 is 0 Å². The van der Waals surface area contributed by atoms with Crippen molar-refractivity contribution in [3.63, 3.8) is 0 Å². The van der Waals surface area contributed by atoms with Crippen LogP contribution < -0.4 is 20.5 Å². The Morgan fingerprint density at radius 2 is 1.75 bits per heavy atom. The Balaban J connectivity index is 0.000000542. The van der Waals surface area contributed by atoms with Crippen LogP contribution in [-0.4, -0.2) is 87.6 Å². The average Bonchev–Trinajstić information content (AvgIpc) is 3.45. The van der Waals surface area contributed by atoms with Crippen LogP contribution in [-0.2, 0) is 29.7 Å². The van der Waals surface area contributed by atoms with Gasteiger partial charge in [0.1, 0.15) is 18.2 Å². The van der Waals surface area contributed by atoms with Crippen LogP contribution in [0.2, 0.25) is 0 Å². The molecule has 0 fully saturated rings. The molecule has 51 heavy (non-hydrogen) atoms. The second kappa shape index (κ2) is 20.7. The number of rotatable bonds is 17. The molecule has 1 aromatic heterocycles. The minimum Gasteiger partial charge on any atom is -0.427 e. The second-order valence-corrected chi connectivity index (χ2v) is 12.5. The number of Topliss-reactive ketones (excluding diaryl/α,β-unsaturated/α-hetero) is 1. The maximum absolute atomic E-state index is 13.1. The van der Waals surface area contributed by atoms with Crippen LogP contribution in [0.3, 0.4) is 0 Å². The highest BCUT2D eigenvalue weighted by Crippen LogP contribution is 2.28. The van der Waals surface area contributed by atoms with Gasteiger partial charge >= 0.3 is 14.6 Å². The second-order valence-electron chi connectivity index (χ2n) is 11.8. The van der Waals surface area contributed by atoms with Gasteiger partial charge in [-0.3, -0.25) is 14.5 Å². The lowest BCUT2D eigenvalue weighted by molar-refractivity contribution is -0.135. The number of aldehydes is 1. The number of fused-ring (bicyclic) bond motifs is 1. The standard InChI is InChI=1S/C30H38N6O4.C7H9O3P/c1-5-14-31-18-28(39)36(15-16-37)27(33-30(40)32-17-23-10-7-6-8-11-23)21-34(3)19-24-12-9-13-25-26(22(2)38)20-35(4)29(24)25;1-6-2-4-7(5-3-6)10-11(8)9/h5-13,16,20,27,31H,1,14-15,17-19,21H2,2-4H3,(H2,32,33,40);2-5,8-9H,1H3. The van der Waals surface area contributed by atoms with E-state index in [2.05, 4.69) is 27.1 Å². The highest BCUT2D eigenvalue weighted by atomic mass is 31.2. The SMILES string of the molecule is C=CCNCC(=O)N(CC=O)C(CN(C)Cc1cccc2c(C(C)=O)cn(C)c12)NC(=O)NCc1ccccc1.Cc1ccc(OP(O)O)cc1. The number of benzene rings is 3. The van der Waals surface area contributed by atoms with Crippen molar-refractivity contribution in [3.05, 3.63) is 114 Å². The Kier molecular flexibility index (Phi) is 16.4. The van der Waals surface area contributed by atoms with Gasteiger partial charge in [-0.2, -0.15) is 0 Å². The quantitative estimate of drug-likeness (QED) is 0.0271. The molecule has 0 radical (unpaired) electrons. The maximum Gasteiger partial charge on any atom is 0.391 e. The van der Waals surface area contributed by atoms with E-state index in [4.69, 9.17) is 9.79 Å². The molecule has 0 bridgehead atoms. The van der Waals surface area contributed by atoms with Crippen LogP contribution in [0, 0.1) is 6.92 Å². The molecule has 0 aliphatic carbocycles. The topological polar surface area (TPSA) is 165 Å². The van der Waals surface area contributed by atoms with Gasteiger partial charge in [0, 0.05) is 50.4 Å². The lowest BCUT2D eigenvalue weighted by Crippen LogP contribution is -2.59. The van der Waals surface area contributed by atoms with E-state index in [0.717, 1.165) is 27.6 Å². The first-order valence-electron chi connectivity index (χ1n) is 16.2. The Bertz CT molecular complexity index is 1750. The molecule has 3 amide bonds. The summed E-state index contributed by atoms with van der Waals surface area (Å²) in [7, 11) is 1.50. The van der Waals surface area contributed by atoms with Gasteiger partial charge in [0.25, 0.3) is 0 Å². The number of amides is 3. The van der Waals surface area contributed by atoms with Crippen LogP contribution >= 0.6 is 8.60 Å². The average molecular weight is 719 g/mol. The first-order valence-corrected chi connectivity index (χ1v) is 17.4. The molecule has 3 aromatic carbocycles. The Labute approximate surface area is 299 Å². The van der Waals surface area contributed by atoms with Gasteiger partial charge in [-0.15, -0.1) is 6.58 Å². The first kappa shape index (κ1) is 40.5. The molecule has 0 aliphatic heterocycles. The molecule has 0 saturated carbocycles. The predicted octanol–water partition coefficient (Wildman–Crippen LogP) is 4.03. The molecule has 4 aromatic rings. The molecule has 1 atom stereocenters. The van der Waals surface area contributed by atoms with Gasteiger partial charge in [-0.05, 0) is 44.2 Å². The van der Waals surface area contributed by atoms with Gasteiger partial charge in [0.15, 0.2) is 5.78 Å². The molecular weight excluding hydrogens is 671 g/mol. The Morgan fingerprint density at radius 3 is 2.37 bits per heavy atom. The molecule has 13 nitrogen and oxygen atoms in total. The highest BCUT2D eigenvalue weighted by Gasteiger charge is 2.26. The number of carbonyl (C=O) groups excluding carboxylic acids is 4. The minimum absolute atomic E-state index is 0.00466. The fourth-order valence-corrected chi connectivity index (χ4v) is 5.68. The number of hydrogen-bond acceptors (Lipinski definition) is 9. The van der Waals surface area contributed by atoms with Gasteiger partial charge < -0.3 is 44.5 Å². The fraction of sp³-hybridized carbons (Fsp3) is 0.297. The molecule has 14 heteroatoms. The smallest absolute Gasteiger partial charge is 0.391 e. The van der Waals surface area contributed by atoms with Gasteiger partial charge in [0.2, 0.25) is 5.91 Å². The molecule has 0 saturated heterocycles. The number of urea groups is 1. The van der Waals surface area contributed by atoms with Crippen LogP contribution in [0.4, 0.5) is 4.79 Å². The third-order valence-electron chi connectivity index (χ3n) is 7.72. The van der Waals surface area contributed by atoms with E-state index < -0.39 is 20.8 Å². The molecule has 272 valence electrons. The van der Waals surface area contributed by atoms with Gasteiger partial charge in [-0.1, -0.05) is 72.3 Å². The third-order valence-corrected chi connectivity index (χ3v) is 8.10. The minimum atomic E-state index is -2.29. The summed E-state index contributed by atoms with van der Waals surface area (Å²) in [5, 5.41) is 9.55. The normalized spacial score (nSPS) is 11.4. The molecular formula is C37H47N6O7P. The van der Waals surface area contributed by atoms with Gasteiger partial charge in [0.05, 0.1) is 18.6 Å². The lowest BCUT2D eigenvalue weighted by Gasteiger charge is -2.34. The van der Waals surface area contributed by atoms with E-state index in [1.807, 2.05) is 97.3 Å². The van der Waals surface area contributed by atoms with Crippen LogP contribution in [0.5, 0.6) is 5.75 Å². The van der Waals surface area contributed by atoms with E-state index in [0.29, 0.717) is 37.2 Å². The highest BCUT2D eigenvalue weighted by molar-refractivity contribution is 7.39. The number of likely N-dealkylation sites (N-methyl/N-ethyl adjacent to an activating group) is 1. The third kappa shape index (κ3) is 13.1. The van der Waals surface area contributed by atoms with E-state index in [1.165, 1.54) is 4.90 Å². The molecule has 1 heterocycles. The van der Waals surface area contributed by atoms with Crippen molar-refractivity contribution >= 4 is 43.5 Å². The summed E-state index contributed by atoms with van der Waals surface area (Å²) in [6.07, 6.45) is 3.33. The summed E-state index contributed by atoms with van der Waals surface area (Å²) in [5.74, 6) is 0.146. The summed E-state index contributed by atoms with van der Waals surface area (Å²) in [6, 6.07) is 21.9. The lowest BCUT2D eigenvalue weighted by atomic mass is 10.1. The van der Waals surface area contributed by atoms with E-state index in [9.17, 15) is 19.2 Å². The molecule has 1 unspecified atom stereocenters. The van der Waals surface area contributed by atoms with Crippen molar-refractivity contribution in [1.29, 1.82) is 0 Å². The number of ketones is 1. The molecule has 0 aliphatic rings. The van der Waals surface area contributed by atoms with E-state index in [-0.39, 0.29) is 31.3 Å². The summed E-state index contributed by atoms with van der Waals surface area (Å²) < 4.78 is 6.59. The Morgan fingerprint density at radius 1 is 1.04 bits per heavy atom. The monoisotopic (exact) mass is 718 g/mol. The van der Waals surface area contributed by atoms with Crippen LogP contribution in [0.1, 0.15) is 34.0 Å². The summed E-state index contributed by atoms with van der Waals surface area (Å²) in [6.45, 7) is 8.42. The van der Waals surface area contributed by atoms with Crippen molar-refractivity contribution in [2.45, 2.75) is 33.1 Å². The summed E-state index contributed by atoms with van der Waals surface area (Å²) in [4.78, 5) is 70.0. The number of para-hydroxylation sites is 1. The summed E-state index contributed by atoms with van der Waals surface area (Å²) in [5.41, 5.74) is 4.63. The zero-order chi connectivity index (χ0) is 37.3. The largest absolute Gasteiger partial charge is 0.427 e. The molecule has 4 rings (SSSR count). The number of aryl methyl sites for hydroxylation is 2. The molecule has 0 spiro atoms. The fourth-order valence-electron chi connectivity index (χ4n) is 5.37. The Hall–Kier alpha value is -4.91.